The second-order valence-corrected chi connectivity index (χ2v) is 6.08. The molecule has 2 atom stereocenters. The minimum Gasteiger partial charge on any atom is -0.383 e. The number of H-pyrrole nitrogens is 1. The maximum Gasteiger partial charge on any atom is 0.289 e. The predicted molar refractivity (Wildman–Crippen MR) is 79.3 cm³/mol. The zero-order valence-electron chi connectivity index (χ0n) is 13.0. The largest absolute Gasteiger partial charge is 0.383 e. The summed E-state index contributed by atoms with van der Waals surface area (Å²) in [5, 5.41) is 0. The molecule has 0 saturated carbocycles. The molecular formula is C15H22N4O3. The lowest BCUT2D eigenvalue weighted by molar-refractivity contribution is -0.140. The maximum absolute atomic E-state index is 12.6. The minimum absolute atomic E-state index is 0.0846. The van der Waals surface area contributed by atoms with Gasteiger partial charge < -0.3 is 19.5 Å². The first-order valence-corrected chi connectivity index (χ1v) is 7.70. The van der Waals surface area contributed by atoms with Crippen molar-refractivity contribution in [2.45, 2.75) is 25.8 Å². The molecule has 7 nitrogen and oxygen atoms in total. The number of amides is 2. The fraction of sp³-hybridized carbons (Fsp3) is 0.667. The first-order chi connectivity index (χ1) is 10.6. The summed E-state index contributed by atoms with van der Waals surface area (Å²) in [7, 11) is 1.63. The molecule has 3 aliphatic rings. The average molecular weight is 306 g/mol. The van der Waals surface area contributed by atoms with Crippen LogP contribution in [0.3, 0.4) is 0 Å². The number of hydrogen-bond acceptors (Lipinski definition) is 4. The number of imidazole rings is 1. The van der Waals surface area contributed by atoms with Crippen LogP contribution in [0.5, 0.6) is 0 Å². The molecule has 3 saturated heterocycles. The first-order valence-electron chi connectivity index (χ1n) is 7.70. The third kappa shape index (κ3) is 2.72. The van der Waals surface area contributed by atoms with Crippen molar-refractivity contribution in [3.8, 4) is 0 Å². The highest BCUT2D eigenvalue weighted by Gasteiger charge is 2.42. The van der Waals surface area contributed by atoms with Gasteiger partial charge >= 0.3 is 0 Å². The van der Waals surface area contributed by atoms with Gasteiger partial charge in [0.1, 0.15) is 0 Å². The Hall–Kier alpha value is -1.89. The molecule has 0 aliphatic carbocycles. The Morgan fingerprint density at radius 2 is 2.27 bits per heavy atom. The summed E-state index contributed by atoms with van der Waals surface area (Å²) in [5.41, 5.74) is 0.860. The number of nitrogens with one attached hydrogen (secondary N) is 1. The van der Waals surface area contributed by atoms with Gasteiger partial charge in [0.25, 0.3) is 5.91 Å². The third-order valence-electron chi connectivity index (χ3n) is 4.52. The van der Waals surface area contributed by atoms with E-state index in [1.165, 1.54) is 0 Å². The molecule has 22 heavy (non-hydrogen) atoms. The highest BCUT2D eigenvalue weighted by molar-refractivity contribution is 5.91. The predicted octanol–water partition coefficient (Wildman–Crippen LogP) is 0.428. The topological polar surface area (TPSA) is 78.5 Å². The van der Waals surface area contributed by atoms with E-state index in [9.17, 15) is 9.59 Å². The van der Waals surface area contributed by atoms with Crippen molar-refractivity contribution >= 4 is 11.8 Å². The first kappa shape index (κ1) is 15.0. The number of aromatic amines is 1. The molecule has 0 unspecified atom stereocenters. The molecule has 1 N–H and O–H groups in total. The van der Waals surface area contributed by atoms with Gasteiger partial charge in [0.05, 0.1) is 12.5 Å². The normalized spacial score (nSPS) is 24.7. The van der Waals surface area contributed by atoms with E-state index in [-0.39, 0.29) is 23.8 Å². The standard InChI is InChI=1S/C15H22N4O3/c1-10-7-16-13(17-10)15(21)18-8-11-3-4-12(9-18)19(14(11)20)5-6-22-2/h7,11-12H,3-6,8-9H2,1-2H3,(H,16,17)/t11-,12+/m0/s1. The van der Waals surface area contributed by atoms with E-state index >= 15 is 0 Å². The van der Waals surface area contributed by atoms with Gasteiger partial charge in [-0.1, -0.05) is 0 Å². The van der Waals surface area contributed by atoms with E-state index in [4.69, 9.17) is 4.74 Å². The molecule has 120 valence electrons. The van der Waals surface area contributed by atoms with Crippen molar-refractivity contribution in [2.24, 2.45) is 5.92 Å². The Balaban J connectivity index is 1.77. The molecule has 4 heterocycles. The highest BCUT2D eigenvalue weighted by Crippen LogP contribution is 2.29. The number of carbonyl (C=O) groups is 2. The number of methoxy groups -OCH3 is 1. The number of nitrogens with zero attached hydrogens (tertiary/aromatic N) is 3. The molecule has 2 bridgehead atoms. The van der Waals surface area contributed by atoms with Crippen LogP contribution in [-0.2, 0) is 9.53 Å². The van der Waals surface area contributed by atoms with E-state index in [0.717, 1.165) is 18.5 Å². The summed E-state index contributed by atoms with van der Waals surface area (Å²) in [6, 6.07) is 0.0846. The number of fused-ring (bicyclic) bond motifs is 4. The molecule has 3 aliphatic heterocycles. The molecule has 0 spiro atoms. The molecule has 0 radical (unpaired) electrons. The van der Waals surface area contributed by atoms with E-state index in [2.05, 4.69) is 9.97 Å². The molecule has 1 aromatic heterocycles. The van der Waals surface area contributed by atoms with E-state index < -0.39 is 0 Å². The number of ether oxygens (including phenoxy) is 1. The van der Waals surface area contributed by atoms with Gasteiger partial charge in [0.15, 0.2) is 5.82 Å². The van der Waals surface area contributed by atoms with Gasteiger partial charge in [-0.3, -0.25) is 9.59 Å². The highest BCUT2D eigenvalue weighted by atomic mass is 16.5. The van der Waals surface area contributed by atoms with Crippen molar-refractivity contribution in [3.05, 3.63) is 17.7 Å². The Kier molecular flexibility index (Phi) is 4.15. The molecule has 7 heteroatoms. The van der Waals surface area contributed by atoms with Crippen molar-refractivity contribution < 1.29 is 14.3 Å². The quantitative estimate of drug-likeness (QED) is 0.875. The zero-order chi connectivity index (χ0) is 15.7. The average Bonchev–Trinajstić information content (AvgIpc) is 2.76. The van der Waals surface area contributed by atoms with Crippen LogP contribution in [0.25, 0.3) is 0 Å². The second-order valence-electron chi connectivity index (χ2n) is 6.08. The van der Waals surface area contributed by atoms with Gasteiger partial charge in [-0.05, 0) is 19.8 Å². The van der Waals surface area contributed by atoms with Crippen LogP contribution in [0.4, 0.5) is 0 Å². The summed E-state index contributed by atoms with van der Waals surface area (Å²) in [4.78, 5) is 35.9. The molecule has 1 aromatic rings. The van der Waals surface area contributed by atoms with E-state index in [0.29, 0.717) is 32.1 Å². The Bertz CT molecular complexity index is 571. The maximum atomic E-state index is 12.6. The van der Waals surface area contributed by atoms with Crippen molar-refractivity contribution in [3.63, 3.8) is 0 Å². The lowest BCUT2D eigenvalue weighted by Gasteiger charge is -2.35. The number of rotatable bonds is 4. The van der Waals surface area contributed by atoms with Crippen molar-refractivity contribution in [2.75, 3.05) is 33.4 Å². The van der Waals surface area contributed by atoms with E-state index in [1.54, 1.807) is 18.2 Å². The second kappa shape index (κ2) is 6.08. The smallest absolute Gasteiger partial charge is 0.289 e. The Morgan fingerprint density at radius 3 is 2.95 bits per heavy atom. The molecule has 3 fully saturated rings. The van der Waals surface area contributed by atoms with Gasteiger partial charge in [0, 0.05) is 44.7 Å². The van der Waals surface area contributed by atoms with Crippen LogP contribution in [0.1, 0.15) is 29.2 Å². The number of hydrogen-bond donors (Lipinski definition) is 1. The van der Waals surface area contributed by atoms with Crippen LogP contribution in [0.15, 0.2) is 6.20 Å². The van der Waals surface area contributed by atoms with Crippen molar-refractivity contribution in [1.82, 2.24) is 19.8 Å². The lowest BCUT2D eigenvalue weighted by Crippen LogP contribution is -2.49. The van der Waals surface area contributed by atoms with Crippen molar-refractivity contribution in [1.29, 1.82) is 0 Å². The monoisotopic (exact) mass is 306 g/mol. The lowest BCUT2D eigenvalue weighted by atomic mass is 9.94. The summed E-state index contributed by atoms with van der Waals surface area (Å²) < 4.78 is 5.10. The third-order valence-corrected chi connectivity index (χ3v) is 4.52. The van der Waals surface area contributed by atoms with Gasteiger partial charge in [0.2, 0.25) is 5.91 Å². The number of piperidine rings is 1. The summed E-state index contributed by atoms with van der Waals surface area (Å²) >= 11 is 0. The Morgan fingerprint density at radius 1 is 1.45 bits per heavy atom. The summed E-state index contributed by atoms with van der Waals surface area (Å²) in [6.45, 7) is 4.05. The van der Waals surface area contributed by atoms with Crippen LogP contribution >= 0.6 is 0 Å². The van der Waals surface area contributed by atoms with Crippen LogP contribution in [-0.4, -0.2) is 71.0 Å². The van der Waals surface area contributed by atoms with Crippen LogP contribution in [0.2, 0.25) is 0 Å². The number of aromatic nitrogens is 2. The van der Waals surface area contributed by atoms with Crippen LogP contribution in [0, 0.1) is 12.8 Å². The van der Waals surface area contributed by atoms with E-state index in [1.807, 2.05) is 11.8 Å². The van der Waals surface area contributed by atoms with Gasteiger partial charge in [-0.25, -0.2) is 4.98 Å². The summed E-state index contributed by atoms with van der Waals surface area (Å²) in [6.07, 6.45) is 3.45. The molecule has 2 amide bonds. The SMILES string of the molecule is COCCN1C(=O)[C@H]2CC[C@@H]1CN(C(=O)c1ncc(C)[nH]1)C2. The van der Waals surface area contributed by atoms with Crippen LogP contribution < -0.4 is 0 Å². The number of aryl methyl sites for hydroxylation is 1. The molecular weight excluding hydrogens is 284 g/mol. The van der Waals surface area contributed by atoms with Gasteiger partial charge in [-0.15, -0.1) is 0 Å². The van der Waals surface area contributed by atoms with Gasteiger partial charge in [-0.2, -0.15) is 0 Å². The Labute approximate surface area is 129 Å². The summed E-state index contributed by atoms with van der Waals surface area (Å²) in [5.74, 6) is 0.288. The zero-order valence-corrected chi connectivity index (χ0v) is 13.0. The number of carbonyl (C=O) groups excluding carboxylic acids is 2. The fourth-order valence-electron chi connectivity index (χ4n) is 3.36. The molecule has 0 aromatic carbocycles. The minimum atomic E-state index is -0.119. The molecule has 4 rings (SSSR count). The fourth-order valence-corrected chi connectivity index (χ4v) is 3.36.